The lowest BCUT2D eigenvalue weighted by Gasteiger charge is -2.41. The molecule has 0 aromatic carbocycles. The molecule has 2 N–H and O–H groups in total. The van der Waals surface area contributed by atoms with Crippen LogP contribution in [0.4, 0.5) is 0 Å². The van der Waals surface area contributed by atoms with Crippen LogP contribution in [0.25, 0.3) is 0 Å². The molecule has 0 amide bonds. The van der Waals surface area contributed by atoms with Crippen LogP contribution in [0.15, 0.2) is 0 Å². The quantitative estimate of drug-likeness (QED) is 0.817. The molecule has 134 valence electrons. The highest BCUT2D eigenvalue weighted by Crippen LogP contribution is 2.38. The Kier molecular flexibility index (Phi) is 5.12. The number of aliphatic hydroxyl groups excluding tert-OH is 1. The molecule has 0 aliphatic carbocycles. The number of aliphatic hydroxyl groups is 1. The third-order valence-corrected chi connectivity index (χ3v) is 4.31. The molecule has 0 spiro atoms. The summed E-state index contributed by atoms with van der Waals surface area (Å²) < 4.78 is 12.4. The van der Waals surface area contributed by atoms with E-state index in [-0.39, 0.29) is 23.9 Å². The van der Waals surface area contributed by atoms with Gasteiger partial charge in [0.05, 0.1) is 29.5 Å². The lowest BCUT2D eigenvalue weighted by atomic mass is 9.85. The molecule has 2 aliphatic rings. The zero-order valence-electron chi connectivity index (χ0n) is 15.1. The Balaban J connectivity index is 2.31. The largest absolute Gasteiger partial charge is 0.481 e. The fraction of sp³-hybridized carbons (Fsp3) is 0.941. The van der Waals surface area contributed by atoms with Crippen molar-refractivity contribution in [2.24, 2.45) is 5.92 Å². The average molecular weight is 329 g/mol. The molecule has 0 radical (unpaired) electrons. The number of nitrogens with zero attached hydrogens (tertiary/aromatic N) is 1. The highest BCUT2D eigenvalue weighted by atomic mass is 16.6. The number of rotatable bonds is 3. The molecule has 2 rings (SSSR count). The highest BCUT2D eigenvalue weighted by Gasteiger charge is 2.55. The predicted molar refractivity (Wildman–Crippen MR) is 86.4 cm³/mol. The molecule has 2 heterocycles. The van der Waals surface area contributed by atoms with E-state index < -0.39 is 23.6 Å². The smallest absolute Gasteiger partial charge is 0.310 e. The molecule has 0 saturated carbocycles. The van der Waals surface area contributed by atoms with Gasteiger partial charge in [-0.15, -0.1) is 0 Å². The Bertz CT molecular complexity index is 439. The summed E-state index contributed by atoms with van der Waals surface area (Å²) in [6.07, 6.45) is -0.942. The van der Waals surface area contributed by atoms with Crippen molar-refractivity contribution in [3.8, 4) is 0 Å². The summed E-state index contributed by atoms with van der Waals surface area (Å²) in [5.74, 6) is -1.81. The maximum absolute atomic E-state index is 11.7. The number of piperidine rings is 1. The van der Waals surface area contributed by atoms with E-state index in [4.69, 9.17) is 9.47 Å². The number of ether oxygens (including phenoxy) is 2. The first-order valence-corrected chi connectivity index (χ1v) is 8.39. The van der Waals surface area contributed by atoms with Crippen LogP contribution in [0.1, 0.15) is 48.0 Å². The van der Waals surface area contributed by atoms with Crippen molar-refractivity contribution in [3.63, 3.8) is 0 Å². The summed E-state index contributed by atoms with van der Waals surface area (Å²) in [7, 11) is 0. The maximum Gasteiger partial charge on any atom is 0.310 e. The Morgan fingerprint density at radius 3 is 2.13 bits per heavy atom. The first-order valence-electron chi connectivity index (χ1n) is 8.39. The normalized spacial score (nSPS) is 36.0. The van der Waals surface area contributed by atoms with Crippen molar-refractivity contribution in [1.29, 1.82) is 0 Å². The molecule has 0 aromatic heterocycles. The Hall–Kier alpha value is -0.690. The van der Waals surface area contributed by atoms with Gasteiger partial charge in [0.1, 0.15) is 12.0 Å². The third-order valence-electron chi connectivity index (χ3n) is 4.31. The van der Waals surface area contributed by atoms with Crippen LogP contribution in [0.5, 0.6) is 0 Å². The average Bonchev–Trinajstić information content (AvgIpc) is 2.63. The van der Waals surface area contributed by atoms with Gasteiger partial charge in [-0.2, -0.15) is 0 Å². The van der Waals surface area contributed by atoms with Crippen LogP contribution in [-0.4, -0.2) is 69.7 Å². The number of aliphatic carboxylic acids is 1. The van der Waals surface area contributed by atoms with Gasteiger partial charge < -0.3 is 19.7 Å². The molecular formula is C17H31NO5. The zero-order chi connectivity index (χ0) is 17.6. The number of hydrogen-bond acceptors (Lipinski definition) is 5. The third kappa shape index (κ3) is 4.44. The van der Waals surface area contributed by atoms with Gasteiger partial charge in [-0.3, -0.25) is 9.69 Å². The van der Waals surface area contributed by atoms with Gasteiger partial charge in [-0.1, -0.05) is 0 Å². The van der Waals surface area contributed by atoms with Gasteiger partial charge >= 0.3 is 5.97 Å². The molecule has 0 bridgehead atoms. The minimum absolute atomic E-state index is 0.202. The molecule has 0 aromatic rings. The monoisotopic (exact) mass is 329 g/mol. The van der Waals surface area contributed by atoms with Crippen molar-refractivity contribution in [2.75, 3.05) is 13.1 Å². The van der Waals surface area contributed by atoms with Crippen LogP contribution < -0.4 is 0 Å². The minimum Gasteiger partial charge on any atom is -0.481 e. The number of hydrogen-bond donors (Lipinski definition) is 2. The Morgan fingerprint density at radius 1 is 1.09 bits per heavy atom. The van der Waals surface area contributed by atoms with Crippen LogP contribution in [0, 0.1) is 5.92 Å². The van der Waals surface area contributed by atoms with Gasteiger partial charge in [0.15, 0.2) is 0 Å². The van der Waals surface area contributed by atoms with Crippen LogP contribution in [0.2, 0.25) is 0 Å². The van der Waals surface area contributed by atoms with E-state index in [0.29, 0.717) is 19.5 Å². The molecule has 6 heteroatoms. The lowest BCUT2D eigenvalue weighted by molar-refractivity contribution is -0.172. The Labute approximate surface area is 138 Å². The minimum atomic E-state index is -0.967. The molecule has 2 fully saturated rings. The van der Waals surface area contributed by atoms with Gasteiger partial charge in [0.2, 0.25) is 0 Å². The molecule has 23 heavy (non-hydrogen) atoms. The molecule has 2 saturated heterocycles. The van der Waals surface area contributed by atoms with E-state index in [9.17, 15) is 15.0 Å². The molecule has 0 unspecified atom stereocenters. The second-order valence-electron chi connectivity index (χ2n) is 8.67. The van der Waals surface area contributed by atoms with Gasteiger partial charge in [0.25, 0.3) is 0 Å². The van der Waals surface area contributed by atoms with Crippen LogP contribution >= 0.6 is 0 Å². The second kappa shape index (κ2) is 6.31. The zero-order valence-corrected chi connectivity index (χ0v) is 15.1. The lowest BCUT2D eigenvalue weighted by Crippen LogP contribution is -2.56. The number of carboxylic acid groups (broad SMARTS) is 1. The molecule has 6 nitrogen and oxygen atoms in total. The summed E-state index contributed by atoms with van der Waals surface area (Å²) >= 11 is 0. The fourth-order valence-corrected chi connectivity index (χ4v) is 3.68. The molecule has 2 aliphatic heterocycles. The van der Waals surface area contributed by atoms with Crippen molar-refractivity contribution in [1.82, 2.24) is 4.90 Å². The van der Waals surface area contributed by atoms with Crippen molar-refractivity contribution >= 4 is 5.97 Å². The van der Waals surface area contributed by atoms with E-state index in [0.717, 1.165) is 0 Å². The summed E-state index contributed by atoms with van der Waals surface area (Å²) in [6.45, 7) is 13.1. The van der Waals surface area contributed by atoms with E-state index >= 15 is 0 Å². The summed E-state index contributed by atoms with van der Waals surface area (Å²) in [5, 5.41) is 19.8. The first-order chi connectivity index (χ1) is 10.4. The van der Waals surface area contributed by atoms with Crippen molar-refractivity contribution < 1.29 is 24.5 Å². The SMILES string of the molecule is CC(C)(C)O[C@H]1[C@@H]2[C@@H](C(=O)O)[C@H](O)CCN2C[C@H]1OC(C)(C)C. The maximum atomic E-state index is 11.7. The number of carbonyl (C=O) groups is 1. The van der Waals surface area contributed by atoms with Gasteiger partial charge in [-0.25, -0.2) is 0 Å². The summed E-state index contributed by atoms with van der Waals surface area (Å²) in [4.78, 5) is 13.8. The first kappa shape index (κ1) is 18.6. The van der Waals surface area contributed by atoms with E-state index in [2.05, 4.69) is 4.90 Å². The fourth-order valence-electron chi connectivity index (χ4n) is 3.68. The van der Waals surface area contributed by atoms with Crippen LogP contribution in [0.3, 0.4) is 0 Å². The molecule has 5 atom stereocenters. The summed E-state index contributed by atoms with van der Waals surface area (Å²) in [5.41, 5.74) is -0.748. The van der Waals surface area contributed by atoms with Gasteiger partial charge in [-0.05, 0) is 48.0 Å². The standard InChI is InChI=1S/C17H31NO5/c1-16(2,3)22-11-9-18-8-7-10(19)12(15(20)21)13(18)14(11)23-17(4,5)6/h10-14,19H,7-9H2,1-6H3,(H,20,21)/t10-,11-,12+,13+,14-/m1/s1. The van der Waals surface area contributed by atoms with Crippen LogP contribution in [-0.2, 0) is 14.3 Å². The van der Waals surface area contributed by atoms with Crippen molar-refractivity contribution in [2.45, 2.75) is 83.5 Å². The second-order valence-corrected chi connectivity index (χ2v) is 8.67. The summed E-state index contributed by atoms with van der Waals surface area (Å²) in [6, 6.07) is -0.358. The van der Waals surface area contributed by atoms with E-state index in [1.54, 1.807) is 0 Å². The van der Waals surface area contributed by atoms with E-state index in [1.807, 2.05) is 41.5 Å². The van der Waals surface area contributed by atoms with E-state index in [1.165, 1.54) is 0 Å². The van der Waals surface area contributed by atoms with Gasteiger partial charge in [0, 0.05) is 13.1 Å². The van der Waals surface area contributed by atoms with Crippen molar-refractivity contribution in [3.05, 3.63) is 0 Å². The number of fused-ring (bicyclic) bond motifs is 1. The highest BCUT2D eigenvalue weighted by molar-refractivity contribution is 5.72. The number of carboxylic acids is 1. The molecular weight excluding hydrogens is 298 g/mol. The topological polar surface area (TPSA) is 79.2 Å². The Morgan fingerprint density at radius 2 is 1.65 bits per heavy atom. The predicted octanol–water partition coefficient (Wildman–Crippen LogP) is 1.50.